The molecule has 148 valence electrons. The van der Waals surface area contributed by atoms with Crippen molar-refractivity contribution in [2.24, 2.45) is 0 Å². The molecule has 3 heterocycles. The summed E-state index contributed by atoms with van der Waals surface area (Å²) in [5, 5.41) is 13.7. The first-order valence-electron chi connectivity index (χ1n) is 9.23. The van der Waals surface area contributed by atoms with Gasteiger partial charge in [0.05, 0.1) is 0 Å². The standard InChI is InChI=1S/C17H24N4O3S3/c1-2-3-5-8-14-19-20-17(26-14)18-16(22)15-13(9-12-25-15)27(23,24)21-10-6-4-7-11-21/h9,12H,2-8,10-11H2,1H3,(H,18,20,22). The Morgan fingerprint density at radius 2 is 2.00 bits per heavy atom. The van der Waals surface area contributed by atoms with Crippen LogP contribution in [-0.4, -0.2) is 41.9 Å². The number of anilines is 1. The van der Waals surface area contributed by atoms with Gasteiger partial charge >= 0.3 is 0 Å². The quantitative estimate of drug-likeness (QED) is 0.646. The molecule has 1 aliphatic heterocycles. The number of piperidine rings is 1. The second-order valence-electron chi connectivity index (χ2n) is 6.49. The van der Waals surface area contributed by atoms with Gasteiger partial charge in [0.2, 0.25) is 15.2 Å². The van der Waals surface area contributed by atoms with Gasteiger partial charge in [0, 0.05) is 19.5 Å². The van der Waals surface area contributed by atoms with Crippen molar-refractivity contribution in [3.05, 3.63) is 21.3 Å². The first-order valence-corrected chi connectivity index (χ1v) is 12.4. The summed E-state index contributed by atoms with van der Waals surface area (Å²) < 4.78 is 27.3. The van der Waals surface area contributed by atoms with Gasteiger partial charge in [-0.15, -0.1) is 21.5 Å². The summed E-state index contributed by atoms with van der Waals surface area (Å²) in [6, 6.07) is 1.51. The Hall–Kier alpha value is -1.36. The molecule has 2 aromatic rings. The second kappa shape index (κ2) is 9.22. The van der Waals surface area contributed by atoms with Gasteiger partial charge < -0.3 is 0 Å². The molecular formula is C17H24N4O3S3. The van der Waals surface area contributed by atoms with Crippen molar-refractivity contribution in [2.45, 2.75) is 56.8 Å². The molecular weight excluding hydrogens is 404 g/mol. The van der Waals surface area contributed by atoms with Gasteiger partial charge in [0.15, 0.2) is 0 Å². The number of thiophene rings is 1. The average Bonchev–Trinajstić information content (AvgIpc) is 3.32. The molecule has 0 unspecified atom stereocenters. The summed E-state index contributed by atoms with van der Waals surface area (Å²) in [7, 11) is -3.65. The number of hydrogen-bond donors (Lipinski definition) is 1. The number of amides is 1. The zero-order chi connectivity index (χ0) is 19.3. The number of aromatic nitrogens is 2. The molecule has 2 aromatic heterocycles. The molecule has 0 aromatic carbocycles. The van der Waals surface area contributed by atoms with Crippen LogP contribution in [0.3, 0.4) is 0 Å². The fourth-order valence-electron chi connectivity index (χ4n) is 3.00. The Morgan fingerprint density at radius 1 is 1.22 bits per heavy atom. The normalized spacial score (nSPS) is 15.7. The Kier molecular flexibility index (Phi) is 6.96. The molecule has 7 nitrogen and oxygen atoms in total. The molecule has 0 radical (unpaired) electrons. The van der Waals surface area contributed by atoms with Gasteiger partial charge in [-0.25, -0.2) is 8.42 Å². The maximum Gasteiger partial charge on any atom is 0.268 e. The van der Waals surface area contributed by atoms with Crippen LogP contribution < -0.4 is 5.32 Å². The summed E-state index contributed by atoms with van der Waals surface area (Å²) in [6.45, 7) is 3.16. The SMILES string of the molecule is CCCCCc1nnc(NC(=O)c2sccc2S(=O)(=O)N2CCCCC2)s1. The number of sulfonamides is 1. The van der Waals surface area contributed by atoms with Crippen LogP contribution in [-0.2, 0) is 16.4 Å². The Labute approximate surface area is 167 Å². The highest BCUT2D eigenvalue weighted by molar-refractivity contribution is 7.89. The van der Waals surface area contributed by atoms with Crippen molar-refractivity contribution in [3.8, 4) is 0 Å². The average molecular weight is 429 g/mol. The lowest BCUT2D eigenvalue weighted by Crippen LogP contribution is -2.36. The van der Waals surface area contributed by atoms with E-state index < -0.39 is 15.9 Å². The van der Waals surface area contributed by atoms with E-state index in [1.807, 2.05) is 0 Å². The van der Waals surface area contributed by atoms with Crippen LogP contribution in [0.1, 0.15) is 60.1 Å². The van der Waals surface area contributed by atoms with Crippen LogP contribution in [0.15, 0.2) is 16.3 Å². The van der Waals surface area contributed by atoms with E-state index in [0.717, 1.165) is 61.3 Å². The van der Waals surface area contributed by atoms with Crippen molar-refractivity contribution in [1.82, 2.24) is 14.5 Å². The number of unbranched alkanes of at least 4 members (excludes halogenated alkanes) is 2. The van der Waals surface area contributed by atoms with Crippen molar-refractivity contribution in [3.63, 3.8) is 0 Å². The van der Waals surface area contributed by atoms with Crippen molar-refractivity contribution in [2.75, 3.05) is 18.4 Å². The molecule has 0 saturated carbocycles. The van der Waals surface area contributed by atoms with Crippen LogP contribution in [0.5, 0.6) is 0 Å². The minimum absolute atomic E-state index is 0.0829. The Morgan fingerprint density at radius 3 is 2.74 bits per heavy atom. The number of aryl methyl sites for hydroxylation is 1. The summed E-state index contributed by atoms with van der Waals surface area (Å²) in [6.07, 6.45) is 6.91. The van der Waals surface area contributed by atoms with Crippen LogP contribution in [0.2, 0.25) is 0 Å². The predicted molar refractivity (Wildman–Crippen MR) is 108 cm³/mol. The number of carbonyl (C=O) groups excluding carboxylic acids is 1. The molecule has 10 heteroatoms. The molecule has 1 saturated heterocycles. The largest absolute Gasteiger partial charge is 0.296 e. The third-order valence-corrected chi connectivity index (χ3v) is 8.33. The van der Waals surface area contributed by atoms with E-state index in [9.17, 15) is 13.2 Å². The molecule has 0 spiro atoms. The Balaban J connectivity index is 1.70. The van der Waals surface area contributed by atoms with E-state index in [1.54, 1.807) is 5.38 Å². The zero-order valence-electron chi connectivity index (χ0n) is 15.3. The topological polar surface area (TPSA) is 92.3 Å². The van der Waals surface area contributed by atoms with E-state index >= 15 is 0 Å². The second-order valence-corrected chi connectivity index (χ2v) is 10.4. The summed E-state index contributed by atoms with van der Waals surface area (Å²) in [5.41, 5.74) is 0. The van der Waals surface area contributed by atoms with Crippen LogP contribution in [0, 0.1) is 0 Å². The molecule has 0 atom stereocenters. The molecule has 1 N–H and O–H groups in total. The van der Waals surface area contributed by atoms with Crippen LogP contribution in [0.25, 0.3) is 0 Å². The molecule has 1 aliphatic rings. The van der Waals surface area contributed by atoms with Crippen molar-refractivity contribution >= 4 is 43.7 Å². The van der Waals surface area contributed by atoms with E-state index in [4.69, 9.17) is 0 Å². The molecule has 1 amide bonds. The highest BCUT2D eigenvalue weighted by Gasteiger charge is 2.31. The van der Waals surface area contributed by atoms with Gasteiger partial charge in [-0.3, -0.25) is 10.1 Å². The van der Waals surface area contributed by atoms with Crippen molar-refractivity contribution < 1.29 is 13.2 Å². The lowest BCUT2D eigenvalue weighted by atomic mass is 10.2. The number of nitrogens with one attached hydrogen (secondary N) is 1. The number of nitrogens with zero attached hydrogens (tertiary/aromatic N) is 3. The lowest BCUT2D eigenvalue weighted by molar-refractivity contribution is 0.102. The van der Waals surface area contributed by atoms with E-state index in [0.29, 0.717) is 18.2 Å². The summed E-state index contributed by atoms with van der Waals surface area (Å²) in [5.74, 6) is -0.447. The fraction of sp³-hybridized carbons (Fsp3) is 0.588. The number of carbonyl (C=O) groups is 1. The molecule has 1 fully saturated rings. The predicted octanol–water partition coefficient (Wildman–Crippen LogP) is 3.76. The van der Waals surface area contributed by atoms with Gasteiger partial charge in [0.1, 0.15) is 14.8 Å². The van der Waals surface area contributed by atoms with Gasteiger partial charge in [0.25, 0.3) is 5.91 Å². The lowest BCUT2D eigenvalue weighted by Gasteiger charge is -2.25. The minimum atomic E-state index is -3.65. The molecule has 0 bridgehead atoms. The first kappa shape index (κ1) is 20.4. The third kappa shape index (κ3) is 4.92. The number of rotatable bonds is 8. The van der Waals surface area contributed by atoms with Gasteiger partial charge in [-0.05, 0) is 30.7 Å². The smallest absolute Gasteiger partial charge is 0.268 e. The monoisotopic (exact) mass is 428 g/mol. The minimum Gasteiger partial charge on any atom is -0.296 e. The summed E-state index contributed by atoms with van der Waals surface area (Å²) >= 11 is 2.47. The zero-order valence-corrected chi connectivity index (χ0v) is 17.8. The van der Waals surface area contributed by atoms with Gasteiger partial charge in [-0.1, -0.05) is 37.5 Å². The highest BCUT2D eigenvalue weighted by Crippen LogP contribution is 2.28. The van der Waals surface area contributed by atoms with Gasteiger partial charge in [-0.2, -0.15) is 4.31 Å². The maximum atomic E-state index is 12.9. The Bertz CT molecular complexity index is 870. The van der Waals surface area contributed by atoms with E-state index in [2.05, 4.69) is 22.4 Å². The molecule has 27 heavy (non-hydrogen) atoms. The fourth-order valence-corrected chi connectivity index (χ4v) is 6.59. The van der Waals surface area contributed by atoms with E-state index in [-0.39, 0.29) is 9.77 Å². The third-order valence-electron chi connectivity index (χ3n) is 4.45. The van der Waals surface area contributed by atoms with Crippen LogP contribution in [0.4, 0.5) is 5.13 Å². The van der Waals surface area contributed by atoms with Crippen molar-refractivity contribution in [1.29, 1.82) is 0 Å². The number of hydrogen-bond acceptors (Lipinski definition) is 7. The maximum absolute atomic E-state index is 12.9. The van der Waals surface area contributed by atoms with Crippen LogP contribution >= 0.6 is 22.7 Å². The summed E-state index contributed by atoms with van der Waals surface area (Å²) in [4.78, 5) is 12.9. The molecule has 3 rings (SSSR count). The van der Waals surface area contributed by atoms with E-state index in [1.165, 1.54) is 21.7 Å². The first-order chi connectivity index (χ1) is 13.0. The molecule has 0 aliphatic carbocycles. The highest BCUT2D eigenvalue weighted by atomic mass is 32.2.